The summed E-state index contributed by atoms with van der Waals surface area (Å²) in [5.41, 5.74) is 0.774. The van der Waals surface area contributed by atoms with Crippen molar-refractivity contribution >= 4 is 45.5 Å². The molecule has 0 spiro atoms. The van der Waals surface area contributed by atoms with Gasteiger partial charge in [-0.25, -0.2) is 9.59 Å². The fraction of sp³-hybridized carbons (Fsp3) is 0.350. The van der Waals surface area contributed by atoms with Crippen LogP contribution in [0.15, 0.2) is 53.1 Å². The molecule has 1 aliphatic heterocycles. The summed E-state index contributed by atoms with van der Waals surface area (Å²) in [5, 5.41) is 1.12. The van der Waals surface area contributed by atoms with Gasteiger partial charge in [0.05, 0.1) is 7.11 Å². The fourth-order valence-electron chi connectivity index (χ4n) is 2.50. The quantitative estimate of drug-likeness (QED) is 0.183. The standard InChI is InChI=1S/C20H22BrNO6S/c1-12(2)17(20(25)28-13(3)27-14-8-6-5-7-9-14)22-18(24)16(21)19(22)29-11-10-15(23)26-4/h5-11,13,16,19H,1-4H3/b11-10+. The van der Waals surface area contributed by atoms with Crippen molar-refractivity contribution in [3.63, 3.8) is 0 Å². The Kier molecular flexibility index (Phi) is 8.33. The van der Waals surface area contributed by atoms with Crippen LogP contribution in [0.25, 0.3) is 0 Å². The minimum absolute atomic E-state index is 0.151. The SMILES string of the molecule is COC(=O)/C=C/SC1C(Br)C(=O)N1C(C(=O)OC(C)Oc1ccccc1)=C(C)C. The van der Waals surface area contributed by atoms with Crippen molar-refractivity contribution in [3.05, 3.63) is 53.1 Å². The highest BCUT2D eigenvalue weighted by molar-refractivity contribution is 9.10. The zero-order valence-electron chi connectivity index (χ0n) is 16.5. The summed E-state index contributed by atoms with van der Waals surface area (Å²) in [4.78, 5) is 37.3. The molecule has 0 aliphatic carbocycles. The molecule has 0 aromatic heterocycles. The van der Waals surface area contributed by atoms with Gasteiger partial charge >= 0.3 is 11.9 Å². The van der Waals surface area contributed by atoms with Gasteiger partial charge in [0, 0.05) is 13.0 Å². The number of para-hydroxylation sites is 1. The molecule has 2 rings (SSSR count). The van der Waals surface area contributed by atoms with E-state index in [9.17, 15) is 14.4 Å². The topological polar surface area (TPSA) is 82.1 Å². The van der Waals surface area contributed by atoms with E-state index in [2.05, 4.69) is 20.7 Å². The number of likely N-dealkylation sites (tertiary alicyclic amines) is 1. The van der Waals surface area contributed by atoms with Gasteiger partial charge in [-0.2, -0.15) is 0 Å². The zero-order chi connectivity index (χ0) is 21.6. The molecule has 0 radical (unpaired) electrons. The molecule has 0 N–H and O–H groups in total. The first kappa shape index (κ1) is 23.0. The predicted octanol–water partition coefficient (Wildman–Crippen LogP) is 3.60. The van der Waals surface area contributed by atoms with E-state index < -0.39 is 28.4 Å². The number of alkyl halides is 1. The van der Waals surface area contributed by atoms with Gasteiger partial charge < -0.3 is 14.2 Å². The summed E-state index contributed by atoms with van der Waals surface area (Å²) in [6.07, 6.45) is 0.405. The molecule has 0 bridgehead atoms. The fourth-order valence-corrected chi connectivity index (χ4v) is 4.27. The van der Waals surface area contributed by atoms with E-state index in [1.54, 1.807) is 32.9 Å². The number of ether oxygens (including phenoxy) is 3. The Morgan fingerprint density at radius 1 is 1.24 bits per heavy atom. The molecule has 1 amide bonds. The maximum Gasteiger partial charge on any atom is 0.358 e. The van der Waals surface area contributed by atoms with Gasteiger partial charge in [0.1, 0.15) is 21.6 Å². The molecule has 1 saturated heterocycles. The number of carbonyl (C=O) groups is 3. The van der Waals surface area contributed by atoms with E-state index in [0.717, 1.165) is 0 Å². The van der Waals surface area contributed by atoms with Crippen molar-refractivity contribution in [3.8, 4) is 5.75 Å². The third-order valence-corrected chi connectivity index (χ3v) is 6.13. The van der Waals surface area contributed by atoms with Gasteiger partial charge in [0.2, 0.25) is 12.2 Å². The number of amides is 1. The smallest absolute Gasteiger partial charge is 0.358 e. The summed E-state index contributed by atoms with van der Waals surface area (Å²) in [6, 6.07) is 8.97. The maximum absolute atomic E-state index is 12.8. The molecule has 1 aromatic carbocycles. The molecule has 156 valence electrons. The van der Waals surface area contributed by atoms with Crippen LogP contribution in [0.5, 0.6) is 5.75 Å². The van der Waals surface area contributed by atoms with E-state index in [0.29, 0.717) is 11.3 Å². The Hall–Kier alpha value is -2.26. The highest BCUT2D eigenvalue weighted by Crippen LogP contribution is 2.39. The van der Waals surface area contributed by atoms with E-state index in [4.69, 9.17) is 9.47 Å². The normalized spacial score (nSPS) is 19.3. The number of hydrogen-bond donors (Lipinski definition) is 0. The molecule has 1 fully saturated rings. The minimum Gasteiger partial charge on any atom is -0.466 e. The van der Waals surface area contributed by atoms with Crippen LogP contribution < -0.4 is 4.74 Å². The molecular formula is C20H22BrNO6S. The first-order chi connectivity index (χ1) is 13.8. The maximum atomic E-state index is 12.8. The number of methoxy groups -OCH3 is 1. The van der Waals surface area contributed by atoms with Gasteiger partial charge in [0.25, 0.3) is 0 Å². The highest BCUT2D eigenvalue weighted by Gasteiger charge is 2.49. The number of esters is 2. The summed E-state index contributed by atoms with van der Waals surface area (Å²) in [5.74, 6) is -0.870. The molecule has 9 heteroatoms. The van der Waals surface area contributed by atoms with Crippen LogP contribution in [0, 0.1) is 0 Å². The minimum atomic E-state index is -0.847. The van der Waals surface area contributed by atoms with Gasteiger partial charge in [-0.05, 0) is 37.0 Å². The largest absolute Gasteiger partial charge is 0.466 e. The number of thioether (sulfide) groups is 1. The predicted molar refractivity (Wildman–Crippen MR) is 113 cm³/mol. The Balaban J connectivity index is 2.09. The van der Waals surface area contributed by atoms with Gasteiger partial charge in [-0.3, -0.25) is 9.69 Å². The van der Waals surface area contributed by atoms with Crippen LogP contribution in [0.1, 0.15) is 20.8 Å². The number of halogens is 1. The van der Waals surface area contributed by atoms with Crippen LogP contribution in [0.3, 0.4) is 0 Å². The molecule has 3 unspecified atom stereocenters. The van der Waals surface area contributed by atoms with Gasteiger partial charge in [-0.15, -0.1) is 11.8 Å². The average molecular weight is 484 g/mol. The number of rotatable bonds is 8. The number of β-lactam (4-membered cyclic amide) rings is 1. The lowest BCUT2D eigenvalue weighted by Crippen LogP contribution is -2.60. The Morgan fingerprint density at radius 3 is 2.48 bits per heavy atom. The van der Waals surface area contributed by atoms with Crippen molar-refractivity contribution in [1.29, 1.82) is 0 Å². The van der Waals surface area contributed by atoms with Crippen molar-refractivity contribution in [2.24, 2.45) is 0 Å². The summed E-state index contributed by atoms with van der Waals surface area (Å²) in [7, 11) is 1.28. The molecule has 29 heavy (non-hydrogen) atoms. The van der Waals surface area contributed by atoms with Crippen LogP contribution in [0.2, 0.25) is 0 Å². The second kappa shape index (κ2) is 10.5. The van der Waals surface area contributed by atoms with Crippen molar-refractivity contribution in [1.82, 2.24) is 4.90 Å². The van der Waals surface area contributed by atoms with Crippen LogP contribution in [0.4, 0.5) is 0 Å². The van der Waals surface area contributed by atoms with E-state index in [-0.39, 0.29) is 11.6 Å². The van der Waals surface area contributed by atoms with Crippen molar-refractivity contribution in [2.75, 3.05) is 7.11 Å². The van der Waals surface area contributed by atoms with E-state index in [1.807, 2.05) is 18.2 Å². The van der Waals surface area contributed by atoms with Crippen LogP contribution in [-0.4, -0.2) is 46.3 Å². The number of allylic oxidation sites excluding steroid dienone is 1. The number of hydrogen-bond acceptors (Lipinski definition) is 7. The molecule has 1 aliphatic rings. The van der Waals surface area contributed by atoms with Gasteiger partial charge in [-0.1, -0.05) is 34.1 Å². The van der Waals surface area contributed by atoms with Crippen LogP contribution >= 0.6 is 27.7 Å². The van der Waals surface area contributed by atoms with E-state index >= 15 is 0 Å². The summed E-state index contributed by atoms with van der Waals surface area (Å²) >= 11 is 4.53. The molecule has 7 nitrogen and oxygen atoms in total. The molecule has 3 atom stereocenters. The second-order valence-electron chi connectivity index (χ2n) is 6.22. The Morgan fingerprint density at radius 2 is 1.90 bits per heavy atom. The van der Waals surface area contributed by atoms with Crippen molar-refractivity contribution in [2.45, 2.75) is 37.3 Å². The monoisotopic (exact) mass is 483 g/mol. The number of benzene rings is 1. The first-order valence-electron chi connectivity index (χ1n) is 8.73. The Labute approximate surface area is 182 Å². The number of carbonyl (C=O) groups excluding carboxylic acids is 3. The highest BCUT2D eigenvalue weighted by atomic mass is 79.9. The van der Waals surface area contributed by atoms with Crippen molar-refractivity contribution < 1.29 is 28.6 Å². The molecule has 0 saturated carbocycles. The second-order valence-corrected chi connectivity index (χ2v) is 8.23. The molecule has 1 heterocycles. The lowest BCUT2D eigenvalue weighted by Gasteiger charge is -2.44. The third-order valence-electron chi connectivity index (χ3n) is 3.83. The van der Waals surface area contributed by atoms with Gasteiger partial charge in [0.15, 0.2) is 0 Å². The Bertz CT molecular complexity index is 822. The van der Waals surface area contributed by atoms with Crippen LogP contribution in [-0.2, 0) is 23.9 Å². The lowest BCUT2D eigenvalue weighted by atomic mass is 10.1. The lowest BCUT2D eigenvalue weighted by molar-refractivity contribution is -0.161. The summed E-state index contributed by atoms with van der Waals surface area (Å²) < 4.78 is 15.5. The third kappa shape index (κ3) is 5.86. The zero-order valence-corrected chi connectivity index (χ0v) is 18.9. The summed E-state index contributed by atoms with van der Waals surface area (Å²) in [6.45, 7) is 5.05. The average Bonchev–Trinajstić information content (AvgIpc) is 2.69. The molecule has 1 aromatic rings. The van der Waals surface area contributed by atoms with E-state index in [1.165, 1.54) is 35.3 Å². The number of nitrogens with zero attached hydrogens (tertiary/aromatic N) is 1. The first-order valence-corrected chi connectivity index (χ1v) is 10.6. The molecular weight excluding hydrogens is 462 g/mol.